The number of aliphatic hydroxyl groups is 1. The predicted molar refractivity (Wildman–Crippen MR) is 73.8 cm³/mol. The van der Waals surface area contributed by atoms with Crippen LogP contribution in [0.3, 0.4) is 0 Å². The molecule has 1 amide bonds. The molecular formula is C13H21N3O2. The topological polar surface area (TPSA) is 69.8 Å². The number of anilines is 2. The molecule has 0 unspecified atom stereocenters. The summed E-state index contributed by atoms with van der Waals surface area (Å²) in [7, 11) is 3.43. The van der Waals surface area contributed by atoms with Crippen molar-refractivity contribution in [3.05, 3.63) is 23.8 Å². The van der Waals surface area contributed by atoms with Gasteiger partial charge in [0.25, 0.3) is 5.91 Å². The van der Waals surface area contributed by atoms with Crippen molar-refractivity contribution in [2.24, 2.45) is 0 Å². The Morgan fingerprint density at radius 2 is 2.06 bits per heavy atom. The third kappa shape index (κ3) is 3.13. The highest BCUT2D eigenvalue weighted by atomic mass is 16.3. The lowest BCUT2D eigenvalue weighted by Crippen LogP contribution is -2.30. The van der Waals surface area contributed by atoms with Gasteiger partial charge in [-0.25, -0.2) is 0 Å². The summed E-state index contributed by atoms with van der Waals surface area (Å²) in [5, 5.41) is 9.07. The van der Waals surface area contributed by atoms with Gasteiger partial charge in [-0.2, -0.15) is 0 Å². The van der Waals surface area contributed by atoms with E-state index in [4.69, 9.17) is 10.8 Å². The smallest absolute Gasteiger partial charge is 0.255 e. The number of rotatable bonds is 5. The lowest BCUT2D eigenvalue weighted by atomic mass is 10.1. The van der Waals surface area contributed by atoms with Crippen LogP contribution in [0.5, 0.6) is 0 Å². The van der Waals surface area contributed by atoms with E-state index in [1.807, 2.05) is 11.8 Å². The maximum atomic E-state index is 12.1. The van der Waals surface area contributed by atoms with Crippen LogP contribution in [-0.2, 0) is 0 Å². The summed E-state index contributed by atoms with van der Waals surface area (Å²) in [4.78, 5) is 15.6. The van der Waals surface area contributed by atoms with E-state index < -0.39 is 0 Å². The first-order valence-electron chi connectivity index (χ1n) is 5.98. The van der Waals surface area contributed by atoms with Crippen molar-refractivity contribution in [1.29, 1.82) is 0 Å². The minimum absolute atomic E-state index is 0.0399. The summed E-state index contributed by atoms with van der Waals surface area (Å²) in [6.07, 6.45) is 0. The molecule has 0 aromatic heterocycles. The van der Waals surface area contributed by atoms with Crippen LogP contribution in [0.25, 0.3) is 0 Å². The van der Waals surface area contributed by atoms with Gasteiger partial charge in [0.1, 0.15) is 0 Å². The summed E-state index contributed by atoms with van der Waals surface area (Å²) in [5.74, 6) is -0.0682. The van der Waals surface area contributed by atoms with E-state index in [0.29, 0.717) is 24.3 Å². The fourth-order valence-corrected chi connectivity index (χ4v) is 1.80. The molecule has 0 saturated heterocycles. The van der Waals surface area contributed by atoms with Crippen molar-refractivity contribution in [3.8, 4) is 0 Å². The van der Waals surface area contributed by atoms with Crippen molar-refractivity contribution < 1.29 is 9.90 Å². The van der Waals surface area contributed by atoms with Gasteiger partial charge in [-0.3, -0.25) is 4.79 Å². The predicted octanol–water partition coefficient (Wildman–Crippen LogP) is 0.789. The molecule has 0 aliphatic rings. The molecule has 0 aliphatic heterocycles. The molecule has 0 radical (unpaired) electrons. The number of benzene rings is 1. The van der Waals surface area contributed by atoms with Crippen LogP contribution in [0.15, 0.2) is 18.2 Å². The van der Waals surface area contributed by atoms with Crippen LogP contribution in [0.4, 0.5) is 11.4 Å². The van der Waals surface area contributed by atoms with E-state index in [9.17, 15) is 4.79 Å². The molecule has 1 aromatic rings. The van der Waals surface area contributed by atoms with Gasteiger partial charge in [0.2, 0.25) is 0 Å². The Balaban J connectivity index is 3.21. The standard InChI is InChI=1S/C13H21N3O2/c1-4-16(7-8-17)12-9-10(14)5-6-11(12)13(18)15(2)3/h5-6,9,17H,4,7-8,14H2,1-3H3. The quantitative estimate of drug-likeness (QED) is 0.759. The lowest BCUT2D eigenvalue weighted by Gasteiger charge is -2.25. The van der Waals surface area contributed by atoms with Gasteiger partial charge in [-0.15, -0.1) is 0 Å². The largest absolute Gasteiger partial charge is 0.399 e. The van der Waals surface area contributed by atoms with Crippen molar-refractivity contribution in [3.63, 3.8) is 0 Å². The van der Waals surface area contributed by atoms with Crippen LogP contribution < -0.4 is 10.6 Å². The van der Waals surface area contributed by atoms with Gasteiger partial charge in [-0.1, -0.05) is 0 Å². The molecule has 1 aromatic carbocycles. The molecule has 0 spiro atoms. The summed E-state index contributed by atoms with van der Waals surface area (Å²) < 4.78 is 0. The van der Waals surface area contributed by atoms with Crippen molar-refractivity contribution in [1.82, 2.24) is 4.90 Å². The second kappa shape index (κ2) is 6.26. The molecule has 1 rings (SSSR count). The third-order valence-corrected chi connectivity index (χ3v) is 2.75. The van der Waals surface area contributed by atoms with Gasteiger partial charge in [0, 0.05) is 32.9 Å². The molecule has 3 N–H and O–H groups in total. The van der Waals surface area contributed by atoms with Crippen molar-refractivity contribution >= 4 is 17.3 Å². The number of nitrogens with two attached hydrogens (primary N) is 1. The van der Waals surface area contributed by atoms with Gasteiger partial charge < -0.3 is 20.6 Å². The van der Waals surface area contributed by atoms with Gasteiger partial charge >= 0.3 is 0 Å². The monoisotopic (exact) mass is 251 g/mol. The van der Waals surface area contributed by atoms with E-state index in [-0.39, 0.29) is 12.5 Å². The summed E-state index contributed by atoms with van der Waals surface area (Å²) in [6.45, 7) is 3.20. The zero-order valence-corrected chi connectivity index (χ0v) is 11.2. The number of carbonyl (C=O) groups excluding carboxylic acids is 1. The average molecular weight is 251 g/mol. The first-order valence-corrected chi connectivity index (χ1v) is 5.98. The lowest BCUT2D eigenvalue weighted by molar-refractivity contribution is 0.0828. The molecule has 0 atom stereocenters. The summed E-state index contributed by atoms with van der Waals surface area (Å²) in [6, 6.07) is 5.22. The molecule has 5 nitrogen and oxygen atoms in total. The summed E-state index contributed by atoms with van der Waals surface area (Å²) in [5.41, 5.74) is 7.76. The Kier molecular flexibility index (Phi) is 4.97. The maximum absolute atomic E-state index is 12.1. The average Bonchev–Trinajstić information content (AvgIpc) is 2.35. The van der Waals surface area contributed by atoms with Crippen LogP contribution in [0, 0.1) is 0 Å². The van der Waals surface area contributed by atoms with Gasteiger partial charge in [0.05, 0.1) is 17.9 Å². The highest BCUT2D eigenvalue weighted by Crippen LogP contribution is 2.24. The zero-order valence-electron chi connectivity index (χ0n) is 11.2. The molecule has 100 valence electrons. The molecular weight excluding hydrogens is 230 g/mol. The first kappa shape index (κ1) is 14.3. The van der Waals surface area contributed by atoms with Crippen LogP contribution >= 0.6 is 0 Å². The maximum Gasteiger partial charge on any atom is 0.255 e. The van der Waals surface area contributed by atoms with E-state index in [0.717, 1.165) is 5.69 Å². The van der Waals surface area contributed by atoms with E-state index >= 15 is 0 Å². The summed E-state index contributed by atoms with van der Waals surface area (Å²) >= 11 is 0. The normalized spacial score (nSPS) is 10.2. The highest BCUT2D eigenvalue weighted by molar-refractivity contribution is 6.00. The molecule has 0 fully saturated rings. The zero-order chi connectivity index (χ0) is 13.7. The Morgan fingerprint density at radius 1 is 1.39 bits per heavy atom. The number of amides is 1. The van der Waals surface area contributed by atoms with Crippen molar-refractivity contribution in [2.45, 2.75) is 6.92 Å². The SMILES string of the molecule is CCN(CCO)c1cc(N)ccc1C(=O)N(C)C. The second-order valence-corrected chi connectivity index (χ2v) is 4.28. The molecule has 0 bridgehead atoms. The molecule has 0 aliphatic carbocycles. The molecule has 18 heavy (non-hydrogen) atoms. The number of likely N-dealkylation sites (N-methyl/N-ethyl adjacent to an activating group) is 1. The highest BCUT2D eigenvalue weighted by Gasteiger charge is 2.17. The molecule has 0 saturated carbocycles. The third-order valence-electron chi connectivity index (χ3n) is 2.75. The molecule has 5 heteroatoms. The minimum atomic E-state index is -0.0682. The fourth-order valence-electron chi connectivity index (χ4n) is 1.80. The fraction of sp³-hybridized carbons (Fsp3) is 0.462. The van der Waals surface area contributed by atoms with Crippen LogP contribution in [-0.4, -0.2) is 49.7 Å². The first-order chi connectivity index (χ1) is 8.51. The van der Waals surface area contributed by atoms with E-state index in [1.54, 1.807) is 32.3 Å². The van der Waals surface area contributed by atoms with Crippen molar-refractivity contribution in [2.75, 3.05) is 44.4 Å². The van der Waals surface area contributed by atoms with Crippen LogP contribution in [0.2, 0.25) is 0 Å². The number of carbonyl (C=O) groups is 1. The number of nitrogen functional groups attached to an aromatic ring is 1. The van der Waals surface area contributed by atoms with E-state index in [2.05, 4.69) is 0 Å². The Morgan fingerprint density at radius 3 is 2.56 bits per heavy atom. The Bertz CT molecular complexity index is 419. The number of hydrogen-bond donors (Lipinski definition) is 2. The Labute approximate surface area is 108 Å². The van der Waals surface area contributed by atoms with Crippen LogP contribution in [0.1, 0.15) is 17.3 Å². The second-order valence-electron chi connectivity index (χ2n) is 4.28. The van der Waals surface area contributed by atoms with Gasteiger partial charge in [-0.05, 0) is 25.1 Å². The number of nitrogens with zero attached hydrogens (tertiary/aromatic N) is 2. The molecule has 0 heterocycles. The minimum Gasteiger partial charge on any atom is -0.399 e. The number of aliphatic hydroxyl groups excluding tert-OH is 1. The number of hydrogen-bond acceptors (Lipinski definition) is 4. The van der Waals surface area contributed by atoms with E-state index in [1.165, 1.54) is 4.90 Å². The van der Waals surface area contributed by atoms with Gasteiger partial charge in [0.15, 0.2) is 0 Å². The Hall–Kier alpha value is -1.75.